The van der Waals surface area contributed by atoms with Crippen LogP contribution in [-0.4, -0.2) is 228 Å². The van der Waals surface area contributed by atoms with Gasteiger partial charge in [-0.05, 0) is 74.0 Å². The highest BCUT2D eigenvalue weighted by Crippen LogP contribution is 2.31. The molecule has 3 rings (SSSR count). The van der Waals surface area contributed by atoms with Crippen LogP contribution in [0.5, 0.6) is 0 Å². The number of rotatable bonds is 44. The number of carbonyl (C=O) groups excluding carboxylic acids is 9. The number of aliphatic hydroxyl groups is 1. The van der Waals surface area contributed by atoms with Crippen molar-refractivity contribution in [1.82, 2.24) is 41.3 Å². The number of nitrogens with one attached hydrogen (secondary N) is 7. The second-order valence-electron chi connectivity index (χ2n) is 25.6. The number of hydrogen-bond donors (Lipinski definition) is 10. The molecule has 10 amide bonds. The molecule has 12 atom stereocenters. The van der Waals surface area contributed by atoms with Crippen molar-refractivity contribution in [2.75, 3.05) is 92.9 Å². The van der Waals surface area contributed by atoms with Gasteiger partial charge < -0.3 is 81.0 Å². The molecule has 1 heterocycles. The Morgan fingerprint density at radius 1 is 0.765 bits per heavy atom. The summed E-state index contributed by atoms with van der Waals surface area (Å²) < 4.78 is 69.8. The maximum Gasteiger partial charge on any atom is 0.410 e. The number of likely N-dealkylation sites (N-methyl/N-ethyl adjacent to an activating group) is 2. The van der Waals surface area contributed by atoms with E-state index < -0.39 is 154 Å². The SMILES string of the molecule is CC[C@H](C)[C@@H]([C@@H](CC(=O)N1CCCC1[C@H](OC)[C@@H](C)C(=O)N[C@H](C)[C@@H](O)c1ccccc1)OC)N(C)C(=O)[C@@H](NC(=O)[C@H](C(C)C)N(C)C(=O)OCc1ccc(NC(=O)C(CCCNC(N)=O)NC(=O)[C@@H](NC(=O)COCCOCCOCCN=N)C(C)C)cc1S(=O)(=O)O)C(C)C. The number of ether oxygens (including phenoxy) is 6. The maximum atomic E-state index is 14.9. The van der Waals surface area contributed by atoms with Gasteiger partial charge in [-0.2, -0.15) is 13.5 Å². The van der Waals surface area contributed by atoms with Gasteiger partial charge in [-0.1, -0.05) is 105 Å². The molecule has 2 aromatic carbocycles. The second-order valence-corrected chi connectivity index (χ2v) is 26.9. The van der Waals surface area contributed by atoms with Gasteiger partial charge in [0.05, 0.1) is 88.4 Å². The van der Waals surface area contributed by atoms with E-state index in [1.165, 1.54) is 32.2 Å². The smallest absolute Gasteiger partial charge is 0.410 e. The van der Waals surface area contributed by atoms with E-state index in [-0.39, 0.29) is 94.4 Å². The Balaban J connectivity index is 1.76. The Morgan fingerprint density at radius 2 is 1.40 bits per heavy atom. The highest BCUT2D eigenvalue weighted by atomic mass is 32.2. The molecular formula is C66H108N12O19S. The van der Waals surface area contributed by atoms with Crippen LogP contribution in [0.1, 0.15) is 125 Å². The first-order valence-electron chi connectivity index (χ1n) is 33.2. The fourth-order valence-corrected chi connectivity index (χ4v) is 12.4. The minimum Gasteiger partial charge on any atom is -0.444 e. The number of benzene rings is 2. The molecule has 1 saturated heterocycles. The molecule has 1 aliphatic rings. The molecule has 0 bridgehead atoms. The lowest BCUT2D eigenvalue weighted by atomic mass is 9.89. The number of anilines is 1. The molecular weight excluding hydrogens is 1300 g/mol. The van der Waals surface area contributed by atoms with Crippen molar-refractivity contribution >= 4 is 69.3 Å². The van der Waals surface area contributed by atoms with Crippen molar-refractivity contribution in [3.63, 3.8) is 0 Å². The number of nitrogens with two attached hydrogens (primary N) is 1. The average Bonchev–Trinajstić information content (AvgIpc) is 1.31. The number of hydrogen-bond acceptors (Lipinski definition) is 20. The normalized spacial score (nSPS) is 16.6. The van der Waals surface area contributed by atoms with Gasteiger partial charge in [0, 0.05) is 52.7 Å². The number of amides is 10. The van der Waals surface area contributed by atoms with Gasteiger partial charge in [-0.25, -0.2) is 15.1 Å². The molecule has 32 heteroatoms. The molecule has 31 nitrogen and oxygen atoms in total. The molecule has 98 heavy (non-hydrogen) atoms. The number of aliphatic hydroxyl groups excluding tert-OH is 1. The number of carbonyl (C=O) groups is 9. The third-order valence-corrected chi connectivity index (χ3v) is 18.2. The highest BCUT2D eigenvalue weighted by molar-refractivity contribution is 7.85. The van der Waals surface area contributed by atoms with Crippen molar-refractivity contribution in [2.24, 2.45) is 40.4 Å². The molecule has 0 spiro atoms. The van der Waals surface area contributed by atoms with Crippen molar-refractivity contribution in [3.05, 3.63) is 59.7 Å². The zero-order chi connectivity index (χ0) is 73.6. The predicted octanol–water partition coefficient (Wildman–Crippen LogP) is 3.92. The Bertz CT molecular complexity index is 3020. The van der Waals surface area contributed by atoms with Crippen LogP contribution in [0.4, 0.5) is 15.3 Å². The summed E-state index contributed by atoms with van der Waals surface area (Å²) in [5, 5.41) is 30.1. The van der Waals surface area contributed by atoms with E-state index in [1.54, 1.807) is 91.6 Å². The van der Waals surface area contributed by atoms with E-state index in [9.17, 15) is 61.2 Å². The summed E-state index contributed by atoms with van der Waals surface area (Å²) in [4.78, 5) is 127. The van der Waals surface area contributed by atoms with Gasteiger partial charge in [0.1, 0.15) is 42.3 Å². The van der Waals surface area contributed by atoms with Crippen LogP contribution in [0.15, 0.2) is 58.5 Å². The van der Waals surface area contributed by atoms with Crippen LogP contribution in [0, 0.1) is 35.1 Å². The molecule has 1 aliphatic heterocycles. The lowest BCUT2D eigenvalue weighted by Gasteiger charge is -2.41. The van der Waals surface area contributed by atoms with Crippen LogP contribution in [-0.2, 0) is 78.7 Å². The molecule has 1 fully saturated rings. The number of methoxy groups -OCH3 is 2. The zero-order valence-corrected chi connectivity index (χ0v) is 60.0. The van der Waals surface area contributed by atoms with E-state index in [1.807, 2.05) is 19.9 Å². The fourth-order valence-electron chi connectivity index (χ4n) is 11.7. The monoisotopic (exact) mass is 1400 g/mol. The summed E-state index contributed by atoms with van der Waals surface area (Å²) >= 11 is 0. The molecule has 0 saturated carbocycles. The topological polar surface area (TPSA) is 428 Å². The van der Waals surface area contributed by atoms with Crippen LogP contribution in [0.2, 0.25) is 0 Å². The molecule has 11 N–H and O–H groups in total. The number of urea groups is 1. The molecule has 0 radical (unpaired) electrons. The zero-order valence-electron chi connectivity index (χ0n) is 59.2. The largest absolute Gasteiger partial charge is 0.444 e. The van der Waals surface area contributed by atoms with Gasteiger partial charge in [-0.3, -0.25) is 43.0 Å². The predicted molar refractivity (Wildman–Crippen MR) is 361 cm³/mol. The third-order valence-electron chi connectivity index (χ3n) is 17.2. The Hall–Kier alpha value is -7.46. The van der Waals surface area contributed by atoms with E-state index in [2.05, 4.69) is 37.0 Å². The molecule has 552 valence electrons. The molecule has 0 aromatic heterocycles. The van der Waals surface area contributed by atoms with E-state index >= 15 is 0 Å². The van der Waals surface area contributed by atoms with E-state index in [0.29, 0.717) is 31.4 Å². The molecule has 2 aromatic rings. The Morgan fingerprint density at radius 3 is 1.97 bits per heavy atom. The standard InChI is InChI=1S/C66H108N12O19S/c1-15-42(8)57(50(92-13)36-53(80)78-29-20-24-49(78)59(93-14)43(9)60(82)71-44(10)58(81)45-21-17-16-18-22-45)76(11)64(86)55(40(4)5)75-63(85)56(41(6)7)77(12)66(88)97-37-46-25-26-47(35-51(46)98(89,90)91)72-61(83)48(23-19-27-69-65(67)87)73-62(84)54(39(2)3)74-52(79)38-96-34-33-95-32-31-94-30-28-70-68/h16-18,21-22,25-26,35,39-44,48-50,54-59,68,81H,15,19-20,23-24,27-34,36-38H2,1-14H3,(H,71,82)(H,72,83)(H,73,84)(H,74,79)(H,75,85)(H3,67,69,87)(H,89,90,91)/t42-,43+,44+,48?,49?,50+,54-,55-,56-,57-,58+,59+/m0/s1. The average molecular weight is 1410 g/mol. The minimum absolute atomic E-state index is 0.00105. The summed E-state index contributed by atoms with van der Waals surface area (Å²) in [6.07, 6.45) is -1.94. The first-order chi connectivity index (χ1) is 46.2. The Labute approximate surface area is 576 Å². The van der Waals surface area contributed by atoms with Crippen molar-refractivity contribution in [3.8, 4) is 0 Å². The summed E-state index contributed by atoms with van der Waals surface area (Å²) in [5.41, 5.74) is 12.2. The van der Waals surface area contributed by atoms with Crippen molar-refractivity contribution in [2.45, 2.75) is 180 Å². The van der Waals surface area contributed by atoms with Crippen LogP contribution >= 0.6 is 0 Å². The van der Waals surface area contributed by atoms with Crippen molar-refractivity contribution in [1.29, 1.82) is 5.53 Å². The number of likely N-dealkylation sites (tertiary alicyclic amines) is 1. The van der Waals surface area contributed by atoms with Crippen LogP contribution in [0.3, 0.4) is 0 Å². The quantitative estimate of drug-likeness (QED) is 0.0255. The molecule has 0 aliphatic carbocycles. The summed E-state index contributed by atoms with van der Waals surface area (Å²) in [6.45, 7) is 17.8. The summed E-state index contributed by atoms with van der Waals surface area (Å²) in [5.74, 6) is -6.69. The summed E-state index contributed by atoms with van der Waals surface area (Å²) in [6, 6.07) is 4.70. The van der Waals surface area contributed by atoms with Crippen molar-refractivity contribution < 1.29 is 89.6 Å². The first kappa shape index (κ1) is 84.8. The number of primary amides is 1. The van der Waals surface area contributed by atoms with Gasteiger partial charge in [0.15, 0.2) is 0 Å². The maximum absolute atomic E-state index is 14.9. The van der Waals surface area contributed by atoms with E-state index in [0.717, 1.165) is 17.0 Å². The highest BCUT2D eigenvalue weighted by Gasteiger charge is 2.44. The van der Waals surface area contributed by atoms with Gasteiger partial charge in [-0.15, -0.1) is 0 Å². The Kier molecular flexibility index (Phi) is 36.7. The molecule has 2 unspecified atom stereocenters. The van der Waals surface area contributed by atoms with Crippen LogP contribution in [0.25, 0.3) is 0 Å². The lowest BCUT2D eigenvalue weighted by Crippen LogP contribution is -2.60. The fraction of sp³-hybridized carbons (Fsp3) is 0.682. The minimum atomic E-state index is -5.11. The first-order valence-corrected chi connectivity index (χ1v) is 34.7. The van der Waals surface area contributed by atoms with Gasteiger partial charge in [0.2, 0.25) is 41.4 Å². The third kappa shape index (κ3) is 26.7. The number of nitrogens with zero attached hydrogens (tertiary/aromatic N) is 4. The van der Waals surface area contributed by atoms with Crippen LogP contribution < -0.4 is 37.6 Å². The van der Waals surface area contributed by atoms with Gasteiger partial charge >= 0.3 is 12.1 Å². The lowest BCUT2D eigenvalue weighted by molar-refractivity contribution is -0.148. The van der Waals surface area contributed by atoms with Gasteiger partial charge in [0.25, 0.3) is 10.1 Å². The second kappa shape index (κ2) is 42.5. The summed E-state index contributed by atoms with van der Waals surface area (Å²) in [7, 11) is 0.709. The van der Waals surface area contributed by atoms with E-state index in [4.69, 9.17) is 39.7 Å².